The van der Waals surface area contributed by atoms with Crippen LogP contribution in [-0.4, -0.2) is 9.91 Å². The fourth-order valence-electron chi connectivity index (χ4n) is 2.38. The van der Waals surface area contributed by atoms with Gasteiger partial charge in [0.15, 0.2) is 0 Å². The molecule has 6 heteroatoms. The number of pyridine rings is 1. The van der Waals surface area contributed by atoms with Gasteiger partial charge in [-0.25, -0.2) is 9.37 Å². The Labute approximate surface area is 125 Å². The number of fused-ring (bicyclic) bond motifs is 1. The Kier molecular flexibility index (Phi) is 3.42. The molecule has 0 saturated carbocycles. The van der Waals surface area contributed by atoms with Crippen LogP contribution in [0, 0.1) is 22.9 Å². The first kappa shape index (κ1) is 13.9. The zero-order chi connectivity index (χ0) is 15.7. The van der Waals surface area contributed by atoms with E-state index in [0.29, 0.717) is 22.2 Å². The summed E-state index contributed by atoms with van der Waals surface area (Å²) in [6.45, 7) is 1.68. The molecule has 3 aromatic rings. The van der Waals surface area contributed by atoms with Crippen LogP contribution in [-0.2, 0) is 0 Å². The predicted molar refractivity (Wildman–Crippen MR) is 82.8 cm³/mol. The molecular formula is C16H12FN3O2. The highest BCUT2D eigenvalue weighted by Gasteiger charge is 2.17. The highest BCUT2D eigenvalue weighted by atomic mass is 19.1. The summed E-state index contributed by atoms with van der Waals surface area (Å²) in [5.74, 6) is -0.0337. The largest absolute Gasteiger partial charge is 0.337 e. The molecule has 0 aliphatic heterocycles. The molecule has 22 heavy (non-hydrogen) atoms. The number of hydrogen-bond donors (Lipinski definition) is 1. The average molecular weight is 297 g/mol. The van der Waals surface area contributed by atoms with Gasteiger partial charge in [-0.2, -0.15) is 0 Å². The molecule has 1 N–H and O–H groups in total. The molecule has 3 rings (SSSR count). The summed E-state index contributed by atoms with van der Waals surface area (Å²) in [6, 6.07) is 11.2. The van der Waals surface area contributed by atoms with Gasteiger partial charge in [0.05, 0.1) is 16.0 Å². The Bertz CT molecular complexity index is 880. The molecule has 5 nitrogen and oxygen atoms in total. The summed E-state index contributed by atoms with van der Waals surface area (Å²) in [7, 11) is 0. The molecule has 0 unspecified atom stereocenters. The van der Waals surface area contributed by atoms with Gasteiger partial charge in [-0.3, -0.25) is 10.1 Å². The maximum Gasteiger partial charge on any atom is 0.280 e. The molecule has 0 fully saturated rings. The van der Waals surface area contributed by atoms with Crippen molar-refractivity contribution >= 4 is 28.0 Å². The summed E-state index contributed by atoms with van der Waals surface area (Å²) < 4.78 is 13.7. The number of nitrogens with zero attached hydrogens (tertiary/aromatic N) is 2. The third-order valence-corrected chi connectivity index (χ3v) is 3.43. The van der Waals surface area contributed by atoms with E-state index in [1.807, 2.05) is 0 Å². The zero-order valence-electron chi connectivity index (χ0n) is 11.7. The highest BCUT2D eigenvalue weighted by molar-refractivity contribution is 5.99. The smallest absolute Gasteiger partial charge is 0.280 e. The van der Waals surface area contributed by atoms with Crippen molar-refractivity contribution in [1.29, 1.82) is 0 Å². The average Bonchev–Trinajstić information content (AvgIpc) is 2.49. The van der Waals surface area contributed by atoms with Crippen LogP contribution in [0.3, 0.4) is 0 Å². The molecule has 0 spiro atoms. The number of halogens is 1. The first-order chi connectivity index (χ1) is 10.6. The third-order valence-electron chi connectivity index (χ3n) is 3.43. The Morgan fingerprint density at radius 1 is 1.14 bits per heavy atom. The predicted octanol–water partition coefficient (Wildman–Crippen LogP) is 4.33. The Balaban J connectivity index is 2.18. The molecule has 0 bridgehead atoms. The zero-order valence-corrected chi connectivity index (χ0v) is 11.7. The minimum absolute atomic E-state index is 0.0384. The molecule has 0 amide bonds. The first-order valence-electron chi connectivity index (χ1n) is 6.62. The Morgan fingerprint density at radius 2 is 1.91 bits per heavy atom. The van der Waals surface area contributed by atoms with Crippen molar-refractivity contribution in [3.8, 4) is 0 Å². The lowest BCUT2D eigenvalue weighted by molar-refractivity contribution is -0.383. The monoisotopic (exact) mass is 297 g/mol. The van der Waals surface area contributed by atoms with Crippen molar-refractivity contribution in [1.82, 2.24) is 4.98 Å². The molecule has 0 aliphatic rings. The molecule has 1 aromatic heterocycles. The van der Waals surface area contributed by atoms with Gasteiger partial charge in [0.1, 0.15) is 11.6 Å². The van der Waals surface area contributed by atoms with Gasteiger partial charge in [-0.1, -0.05) is 18.2 Å². The van der Waals surface area contributed by atoms with Gasteiger partial charge in [0.2, 0.25) is 0 Å². The van der Waals surface area contributed by atoms with E-state index in [4.69, 9.17) is 0 Å². The number of nitro benzene ring substituents is 1. The number of aryl methyl sites for hydroxylation is 1. The van der Waals surface area contributed by atoms with Gasteiger partial charge in [-0.05, 0) is 31.2 Å². The number of nitro groups is 1. The van der Waals surface area contributed by atoms with Crippen LogP contribution in [0.15, 0.2) is 48.7 Å². The highest BCUT2D eigenvalue weighted by Crippen LogP contribution is 2.33. The molecule has 0 aliphatic carbocycles. The lowest BCUT2D eigenvalue weighted by Gasteiger charge is -2.10. The van der Waals surface area contributed by atoms with Crippen molar-refractivity contribution in [3.05, 3.63) is 70.2 Å². The van der Waals surface area contributed by atoms with E-state index in [2.05, 4.69) is 10.3 Å². The maximum absolute atomic E-state index is 13.7. The molecule has 110 valence electrons. The number of hydrogen-bond acceptors (Lipinski definition) is 4. The lowest BCUT2D eigenvalue weighted by Crippen LogP contribution is -1.99. The number of anilines is 2. The summed E-state index contributed by atoms with van der Waals surface area (Å²) in [4.78, 5) is 15.0. The number of benzene rings is 2. The number of para-hydroxylation sites is 1. The summed E-state index contributed by atoms with van der Waals surface area (Å²) in [5.41, 5.74) is 0.878. The fourth-order valence-corrected chi connectivity index (χ4v) is 2.38. The standard InChI is InChI=1S/C16H12FN3O2/c1-10-6-7-12-11(15(10)20(21)22)8-9-18-16(12)19-14-5-3-2-4-13(14)17/h2-9H,1H3,(H,18,19). The van der Waals surface area contributed by atoms with Crippen LogP contribution in [0.1, 0.15) is 5.56 Å². The minimum atomic E-state index is -0.414. The third kappa shape index (κ3) is 2.35. The van der Waals surface area contributed by atoms with Crippen LogP contribution < -0.4 is 5.32 Å². The van der Waals surface area contributed by atoms with Gasteiger partial charge in [0.25, 0.3) is 5.69 Å². The molecular weight excluding hydrogens is 285 g/mol. The Morgan fingerprint density at radius 3 is 2.64 bits per heavy atom. The second-order valence-corrected chi connectivity index (χ2v) is 4.85. The minimum Gasteiger partial charge on any atom is -0.337 e. The van der Waals surface area contributed by atoms with Crippen LogP contribution in [0.2, 0.25) is 0 Å². The summed E-state index contributed by atoms with van der Waals surface area (Å²) >= 11 is 0. The van der Waals surface area contributed by atoms with E-state index in [-0.39, 0.29) is 11.4 Å². The molecule has 1 heterocycles. The molecule has 0 radical (unpaired) electrons. The number of aromatic nitrogens is 1. The van der Waals surface area contributed by atoms with Crippen molar-refractivity contribution in [2.24, 2.45) is 0 Å². The van der Waals surface area contributed by atoms with E-state index >= 15 is 0 Å². The van der Waals surface area contributed by atoms with Crippen LogP contribution in [0.5, 0.6) is 0 Å². The number of nitrogens with one attached hydrogen (secondary N) is 1. The van der Waals surface area contributed by atoms with Crippen molar-refractivity contribution in [2.45, 2.75) is 6.92 Å². The summed E-state index contributed by atoms with van der Waals surface area (Å²) in [6.07, 6.45) is 1.47. The van der Waals surface area contributed by atoms with Gasteiger partial charge in [-0.15, -0.1) is 0 Å². The van der Waals surface area contributed by atoms with E-state index in [0.717, 1.165) is 0 Å². The van der Waals surface area contributed by atoms with E-state index < -0.39 is 10.7 Å². The Hall–Kier alpha value is -3.02. The maximum atomic E-state index is 13.7. The van der Waals surface area contributed by atoms with Gasteiger partial charge >= 0.3 is 0 Å². The topological polar surface area (TPSA) is 68.1 Å². The normalized spacial score (nSPS) is 10.6. The SMILES string of the molecule is Cc1ccc2c(Nc3ccccc3F)nccc2c1[N+](=O)[O-]. The van der Waals surface area contributed by atoms with Crippen molar-refractivity contribution in [3.63, 3.8) is 0 Å². The molecule has 0 saturated heterocycles. The van der Waals surface area contributed by atoms with Crippen molar-refractivity contribution in [2.75, 3.05) is 5.32 Å². The van der Waals surface area contributed by atoms with Crippen LogP contribution in [0.4, 0.5) is 21.6 Å². The van der Waals surface area contributed by atoms with Gasteiger partial charge in [0, 0.05) is 17.1 Å². The van der Waals surface area contributed by atoms with Gasteiger partial charge < -0.3 is 5.32 Å². The molecule has 2 aromatic carbocycles. The van der Waals surface area contributed by atoms with Crippen LogP contribution in [0.25, 0.3) is 10.8 Å². The van der Waals surface area contributed by atoms with Crippen molar-refractivity contribution < 1.29 is 9.31 Å². The second kappa shape index (κ2) is 5.40. The van der Waals surface area contributed by atoms with Crippen LogP contribution >= 0.6 is 0 Å². The summed E-state index contributed by atoms with van der Waals surface area (Å²) in [5, 5.41) is 15.2. The number of rotatable bonds is 3. The fraction of sp³-hybridized carbons (Fsp3) is 0.0625. The lowest BCUT2D eigenvalue weighted by atomic mass is 10.1. The van der Waals surface area contributed by atoms with E-state index in [1.54, 1.807) is 43.3 Å². The second-order valence-electron chi connectivity index (χ2n) is 4.85. The van der Waals surface area contributed by atoms with E-state index in [9.17, 15) is 14.5 Å². The quantitative estimate of drug-likeness (QED) is 0.577. The first-order valence-corrected chi connectivity index (χ1v) is 6.62. The molecule has 0 atom stereocenters. The van der Waals surface area contributed by atoms with E-state index in [1.165, 1.54) is 12.3 Å².